The smallest absolute Gasteiger partial charge is 0.306 e. The Morgan fingerprint density at radius 3 is 2.74 bits per heavy atom. The fourth-order valence-electron chi connectivity index (χ4n) is 2.95. The van der Waals surface area contributed by atoms with Gasteiger partial charge in [-0.15, -0.1) is 0 Å². The average molecular weight is 264 g/mol. The van der Waals surface area contributed by atoms with Crippen LogP contribution < -0.4 is 0 Å². The molecule has 4 nitrogen and oxygen atoms in total. The summed E-state index contributed by atoms with van der Waals surface area (Å²) in [6.45, 7) is 4.13. The van der Waals surface area contributed by atoms with Gasteiger partial charge in [-0.3, -0.25) is 9.48 Å². The molecule has 106 valence electrons. The Hall–Kier alpha value is -1.32. The molecule has 2 rings (SSSR count). The number of carbonyl (C=O) groups is 1. The zero-order chi connectivity index (χ0) is 13.8. The standard InChI is InChI=1S/C15H24N2O2/c1-11(2)9-12(15(18)19)10-13-7-8-17(16-13)14-5-3-4-6-14/h7-8,11-12,14H,3-6,9-10H2,1-2H3,(H,18,19). The van der Waals surface area contributed by atoms with Crippen LogP contribution in [0.25, 0.3) is 0 Å². The van der Waals surface area contributed by atoms with E-state index >= 15 is 0 Å². The maximum absolute atomic E-state index is 11.3. The molecule has 1 aromatic rings. The Balaban J connectivity index is 1.99. The summed E-state index contributed by atoms with van der Waals surface area (Å²) in [4.78, 5) is 11.3. The predicted molar refractivity (Wildman–Crippen MR) is 74.0 cm³/mol. The van der Waals surface area contributed by atoms with Crippen LogP contribution >= 0.6 is 0 Å². The fraction of sp³-hybridized carbons (Fsp3) is 0.733. The molecule has 0 radical (unpaired) electrons. The van der Waals surface area contributed by atoms with Crippen LogP contribution in [0.5, 0.6) is 0 Å². The van der Waals surface area contributed by atoms with Gasteiger partial charge in [0.2, 0.25) is 0 Å². The summed E-state index contributed by atoms with van der Waals surface area (Å²) >= 11 is 0. The topological polar surface area (TPSA) is 55.1 Å². The largest absolute Gasteiger partial charge is 0.481 e. The molecule has 0 amide bonds. The molecule has 1 N–H and O–H groups in total. The first-order valence-corrected chi connectivity index (χ1v) is 7.33. The van der Waals surface area contributed by atoms with E-state index in [1.807, 2.05) is 16.9 Å². The number of aromatic nitrogens is 2. The zero-order valence-corrected chi connectivity index (χ0v) is 11.9. The molecular formula is C15H24N2O2. The molecular weight excluding hydrogens is 240 g/mol. The number of hydrogen-bond acceptors (Lipinski definition) is 2. The maximum Gasteiger partial charge on any atom is 0.306 e. The van der Waals surface area contributed by atoms with Crippen molar-refractivity contribution >= 4 is 5.97 Å². The monoisotopic (exact) mass is 264 g/mol. The first-order valence-electron chi connectivity index (χ1n) is 7.33. The van der Waals surface area contributed by atoms with Gasteiger partial charge in [-0.05, 0) is 31.2 Å². The molecule has 1 atom stereocenters. The predicted octanol–water partition coefficient (Wildman–Crippen LogP) is 3.29. The zero-order valence-electron chi connectivity index (χ0n) is 11.9. The van der Waals surface area contributed by atoms with Crippen LogP contribution in [0, 0.1) is 11.8 Å². The summed E-state index contributed by atoms with van der Waals surface area (Å²) in [6, 6.07) is 2.51. The van der Waals surface area contributed by atoms with Crippen molar-refractivity contribution in [3.63, 3.8) is 0 Å². The van der Waals surface area contributed by atoms with Crippen molar-refractivity contribution in [2.45, 2.75) is 58.4 Å². The Kier molecular flexibility index (Phi) is 4.61. The van der Waals surface area contributed by atoms with E-state index < -0.39 is 5.97 Å². The van der Waals surface area contributed by atoms with Crippen molar-refractivity contribution in [2.24, 2.45) is 11.8 Å². The molecule has 1 unspecified atom stereocenters. The molecule has 1 aromatic heterocycles. The van der Waals surface area contributed by atoms with Gasteiger partial charge >= 0.3 is 5.97 Å². The van der Waals surface area contributed by atoms with Gasteiger partial charge in [0.05, 0.1) is 17.7 Å². The first kappa shape index (κ1) is 14.1. The molecule has 4 heteroatoms. The average Bonchev–Trinajstić information content (AvgIpc) is 2.97. The first-order chi connectivity index (χ1) is 9.06. The number of hydrogen-bond donors (Lipinski definition) is 1. The SMILES string of the molecule is CC(C)CC(Cc1ccn(C2CCCC2)n1)C(=O)O. The van der Waals surface area contributed by atoms with Crippen LogP contribution in [-0.4, -0.2) is 20.9 Å². The van der Waals surface area contributed by atoms with Gasteiger partial charge in [0.25, 0.3) is 0 Å². The molecule has 0 aliphatic heterocycles. The summed E-state index contributed by atoms with van der Waals surface area (Å²) in [5.74, 6) is -0.617. The summed E-state index contributed by atoms with van der Waals surface area (Å²) in [5, 5.41) is 13.8. The van der Waals surface area contributed by atoms with Gasteiger partial charge < -0.3 is 5.11 Å². The van der Waals surface area contributed by atoms with E-state index in [4.69, 9.17) is 0 Å². The van der Waals surface area contributed by atoms with Crippen molar-refractivity contribution in [3.8, 4) is 0 Å². The summed E-state index contributed by atoms with van der Waals surface area (Å²) in [5.41, 5.74) is 0.917. The summed E-state index contributed by atoms with van der Waals surface area (Å²) in [6.07, 6.45) is 8.25. The molecule has 1 aliphatic carbocycles. The van der Waals surface area contributed by atoms with E-state index in [1.54, 1.807) is 0 Å². The van der Waals surface area contributed by atoms with E-state index in [0.717, 1.165) is 5.69 Å². The van der Waals surface area contributed by atoms with E-state index in [9.17, 15) is 9.90 Å². The van der Waals surface area contributed by atoms with E-state index in [1.165, 1.54) is 25.7 Å². The van der Waals surface area contributed by atoms with E-state index in [2.05, 4.69) is 18.9 Å². The van der Waals surface area contributed by atoms with Gasteiger partial charge in [-0.1, -0.05) is 26.7 Å². The normalized spacial score (nSPS) is 18.1. The quantitative estimate of drug-likeness (QED) is 0.857. The van der Waals surface area contributed by atoms with Crippen LogP contribution in [0.3, 0.4) is 0 Å². The molecule has 0 saturated heterocycles. The van der Waals surface area contributed by atoms with Crippen molar-refractivity contribution in [1.29, 1.82) is 0 Å². The molecule has 0 spiro atoms. The lowest BCUT2D eigenvalue weighted by atomic mass is 9.93. The molecule has 19 heavy (non-hydrogen) atoms. The van der Waals surface area contributed by atoms with Gasteiger partial charge in [0.1, 0.15) is 0 Å². The third-order valence-electron chi connectivity index (χ3n) is 3.92. The Bertz CT molecular complexity index is 420. The number of nitrogens with zero attached hydrogens (tertiary/aromatic N) is 2. The van der Waals surface area contributed by atoms with Crippen LogP contribution in [-0.2, 0) is 11.2 Å². The highest BCUT2D eigenvalue weighted by atomic mass is 16.4. The highest BCUT2D eigenvalue weighted by molar-refractivity contribution is 5.70. The molecule has 0 aromatic carbocycles. The second-order valence-electron chi connectivity index (χ2n) is 6.09. The summed E-state index contributed by atoms with van der Waals surface area (Å²) < 4.78 is 2.04. The van der Waals surface area contributed by atoms with Crippen LogP contribution in [0.4, 0.5) is 0 Å². The highest BCUT2D eigenvalue weighted by Crippen LogP contribution is 2.29. The van der Waals surface area contributed by atoms with Crippen molar-refractivity contribution < 1.29 is 9.90 Å². The lowest BCUT2D eigenvalue weighted by molar-refractivity contribution is -0.142. The highest BCUT2D eigenvalue weighted by Gasteiger charge is 2.22. The summed E-state index contributed by atoms with van der Waals surface area (Å²) in [7, 11) is 0. The lowest BCUT2D eigenvalue weighted by Crippen LogP contribution is -2.19. The van der Waals surface area contributed by atoms with Crippen LogP contribution in [0.1, 0.15) is 57.7 Å². The van der Waals surface area contributed by atoms with Crippen LogP contribution in [0.2, 0.25) is 0 Å². The maximum atomic E-state index is 11.3. The molecule has 1 fully saturated rings. The minimum Gasteiger partial charge on any atom is -0.481 e. The Morgan fingerprint density at radius 1 is 1.47 bits per heavy atom. The molecule has 1 saturated carbocycles. The van der Waals surface area contributed by atoms with Crippen molar-refractivity contribution in [2.75, 3.05) is 0 Å². The van der Waals surface area contributed by atoms with Gasteiger partial charge in [-0.2, -0.15) is 5.10 Å². The lowest BCUT2D eigenvalue weighted by Gasteiger charge is -2.13. The minimum atomic E-state index is -0.705. The van der Waals surface area contributed by atoms with Crippen LogP contribution in [0.15, 0.2) is 12.3 Å². The number of aliphatic carboxylic acids is 1. The molecule has 1 heterocycles. The molecule has 0 bridgehead atoms. The Labute approximate surface area is 114 Å². The minimum absolute atomic E-state index is 0.313. The Morgan fingerprint density at radius 2 is 2.16 bits per heavy atom. The van der Waals surface area contributed by atoms with Crippen molar-refractivity contribution in [3.05, 3.63) is 18.0 Å². The second kappa shape index (κ2) is 6.22. The van der Waals surface area contributed by atoms with Gasteiger partial charge in [-0.25, -0.2) is 0 Å². The third kappa shape index (κ3) is 3.82. The number of carboxylic acids is 1. The fourth-order valence-corrected chi connectivity index (χ4v) is 2.95. The van der Waals surface area contributed by atoms with Gasteiger partial charge in [0.15, 0.2) is 0 Å². The second-order valence-corrected chi connectivity index (χ2v) is 6.09. The van der Waals surface area contributed by atoms with E-state index in [-0.39, 0.29) is 5.92 Å². The van der Waals surface area contributed by atoms with E-state index in [0.29, 0.717) is 24.8 Å². The third-order valence-corrected chi connectivity index (χ3v) is 3.92. The van der Waals surface area contributed by atoms with Crippen molar-refractivity contribution in [1.82, 2.24) is 9.78 Å². The number of carboxylic acid groups (broad SMARTS) is 1. The molecule has 1 aliphatic rings. The number of rotatable bonds is 6. The van der Waals surface area contributed by atoms with Gasteiger partial charge in [0, 0.05) is 12.6 Å².